The topological polar surface area (TPSA) is 69.6 Å². The van der Waals surface area contributed by atoms with E-state index in [0.29, 0.717) is 36.1 Å². The normalized spacial score (nSPS) is 51.3. The van der Waals surface area contributed by atoms with Gasteiger partial charge in [-0.25, -0.2) is 0 Å². The molecule has 0 heterocycles. The number of nitrogens with one attached hydrogen (secondary N) is 1. The molecular weight excluding hydrogens is 446 g/mol. The first kappa shape index (κ1) is 26.7. The Hall–Kier alpha value is -0.870. The summed E-state index contributed by atoms with van der Waals surface area (Å²) < 4.78 is 0. The van der Waals surface area contributed by atoms with Crippen molar-refractivity contribution in [3.63, 3.8) is 0 Å². The molecule has 0 radical (unpaired) electrons. The second-order valence-corrected chi connectivity index (χ2v) is 15.2. The van der Waals surface area contributed by atoms with Gasteiger partial charge < -0.3 is 15.5 Å². The zero-order chi connectivity index (χ0) is 26.3. The van der Waals surface area contributed by atoms with Gasteiger partial charge in [-0.1, -0.05) is 46.8 Å². The van der Waals surface area contributed by atoms with Gasteiger partial charge in [0.2, 0.25) is 5.91 Å². The lowest BCUT2D eigenvalue weighted by molar-refractivity contribution is -0.246. The van der Waals surface area contributed by atoms with E-state index in [-0.39, 0.29) is 45.7 Å². The van der Waals surface area contributed by atoms with E-state index in [1.54, 1.807) is 0 Å². The molecule has 3 N–H and O–H groups in total. The van der Waals surface area contributed by atoms with Crippen LogP contribution in [-0.2, 0) is 4.79 Å². The van der Waals surface area contributed by atoms with Crippen LogP contribution in [0.25, 0.3) is 0 Å². The molecule has 0 aromatic heterocycles. The Morgan fingerprint density at radius 3 is 2.28 bits per heavy atom. The van der Waals surface area contributed by atoms with Crippen molar-refractivity contribution in [1.29, 1.82) is 0 Å². The van der Waals surface area contributed by atoms with Crippen LogP contribution >= 0.6 is 0 Å². The number of carbonyl (C=O) groups is 1. The maximum Gasteiger partial charge on any atom is 0.226 e. The quantitative estimate of drug-likeness (QED) is 0.409. The van der Waals surface area contributed by atoms with Gasteiger partial charge >= 0.3 is 0 Å². The molecule has 0 aromatic carbocycles. The Kier molecular flexibility index (Phi) is 6.36. The number of hydrogen-bond donors (Lipinski definition) is 3. The summed E-state index contributed by atoms with van der Waals surface area (Å²) in [7, 11) is 0. The van der Waals surface area contributed by atoms with Crippen molar-refractivity contribution in [3.05, 3.63) is 12.2 Å². The maximum atomic E-state index is 13.7. The van der Waals surface area contributed by atoms with Crippen molar-refractivity contribution in [3.8, 4) is 0 Å². The molecule has 5 saturated carbocycles. The van der Waals surface area contributed by atoms with Crippen LogP contribution in [0.2, 0.25) is 0 Å². The SMILES string of the molecule is C=C(C)[C@@H]1CC[C@]2(C(=O)NCCO)CC[C@]3(C)[C@H](CC[C@@H]4[C@@]5(C)CC[C@H](O)C(C)(C)[C@@H]5CC[C@]43C)[C@@H]12. The van der Waals surface area contributed by atoms with Crippen molar-refractivity contribution < 1.29 is 15.0 Å². The number of aliphatic hydroxyl groups is 2. The highest BCUT2D eigenvalue weighted by atomic mass is 16.3. The second-order valence-electron chi connectivity index (χ2n) is 15.2. The minimum atomic E-state index is -0.301. The van der Waals surface area contributed by atoms with Crippen LogP contribution in [0.5, 0.6) is 0 Å². The molecule has 0 spiro atoms. The molecule has 5 rings (SSSR count). The average Bonchev–Trinajstić information content (AvgIpc) is 3.22. The Bertz CT molecular complexity index is 913. The third-order valence-electron chi connectivity index (χ3n) is 13.9. The standard InChI is InChI=1S/C32H53NO3/c1-20(2)21-10-15-32(27(36)33-18-19-34)17-16-30(6)22(26(21)32)8-9-24-29(5)13-12-25(35)28(3,4)23(29)11-14-31(24,30)7/h21-26,34-35H,1,8-19H2,2-7H3,(H,33,36)/t21-,22+,23-,24+,25-,26+,29-,30+,31+,32-/m0/s1. The number of amides is 1. The van der Waals surface area contributed by atoms with E-state index in [2.05, 4.69) is 53.4 Å². The molecule has 5 fully saturated rings. The van der Waals surface area contributed by atoms with Gasteiger partial charge in [0.25, 0.3) is 0 Å². The first-order chi connectivity index (χ1) is 16.8. The van der Waals surface area contributed by atoms with Gasteiger partial charge in [0, 0.05) is 6.54 Å². The largest absolute Gasteiger partial charge is 0.395 e. The smallest absolute Gasteiger partial charge is 0.226 e. The molecule has 1 amide bonds. The number of rotatable bonds is 4. The monoisotopic (exact) mass is 499 g/mol. The van der Waals surface area contributed by atoms with E-state index in [1.807, 2.05) is 0 Å². The third kappa shape index (κ3) is 3.28. The molecule has 0 aliphatic heterocycles. The van der Waals surface area contributed by atoms with Crippen LogP contribution < -0.4 is 5.32 Å². The molecule has 4 heteroatoms. The zero-order valence-electron chi connectivity index (χ0n) is 24.0. The number of carbonyl (C=O) groups excluding carboxylic acids is 1. The van der Waals surface area contributed by atoms with Gasteiger partial charge in [-0.05, 0) is 122 Å². The molecule has 5 aliphatic carbocycles. The first-order valence-electron chi connectivity index (χ1n) is 15.0. The van der Waals surface area contributed by atoms with E-state index < -0.39 is 0 Å². The lowest BCUT2D eigenvalue weighted by Gasteiger charge is -2.72. The summed E-state index contributed by atoms with van der Waals surface area (Å²) in [4.78, 5) is 13.7. The highest BCUT2D eigenvalue weighted by Crippen LogP contribution is 2.77. The Morgan fingerprint density at radius 1 is 0.889 bits per heavy atom. The third-order valence-corrected chi connectivity index (χ3v) is 13.9. The zero-order valence-corrected chi connectivity index (χ0v) is 24.0. The predicted octanol–water partition coefficient (Wildman–Crippen LogP) is 6.11. The molecule has 204 valence electrons. The summed E-state index contributed by atoms with van der Waals surface area (Å²) >= 11 is 0. The highest BCUT2D eigenvalue weighted by Gasteiger charge is 2.71. The van der Waals surface area contributed by atoms with Crippen molar-refractivity contribution in [1.82, 2.24) is 5.32 Å². The predicted molar refractivity (Wildman–Crippen MR) is 145 cm³/mol. The Labute approximate surface area is 220 Å². The fourth-order valence-electron chi connectivity index (χ4n) is 11.9. The van der Waals surface area contributed by atoms with Crippen LogP contribution in [0.3, 0.4) is 0 Å². The van der Waals surface area contributed by atoms with Crippen LogP contribution in [0, 0.1) is 56.7 Å². The molecule has 10 atom stereocenters. The summed E-state index contributed by atoms with van der Waals surface area (Å²) in [5.41, 5.74) is 1.69. The van der Waals surface area contributed by atoms with Gasteiger partial charge in [0.15, 0.2) is 0 Å². The summed E-state index contributed by atoms with van der Waals surface area (Å²) in [5.74, 6) is 2.77. The molecular formula is C32H53NO3. The van der Waals surface area contributed by atoms with E-state index in [1.165, 1.54) is 31.3 Å². The van der Waals surface area contributed by atoms with E-state index in [0.717, 1.165) is 38.5 Å². The molecule has 0 bridgehead atoms. The van der Waals surface area contributed by atoms with Crippen molar-refractivity contribution >= 4 is 5.91 Å². The second kappa shape index (κ2) is 8.57. The molecule has 0 saturated heterocycles. The molecule has 5 aliphatic rings. The number of aliphatic hydroxyl groups excluding tert-OH is 2. The summed E-state index contributed by atoms with van der Waals surface area (Å²) in [6.07, 6.45) is 11.0. The number of hydrogen-bond acceptors (Lipinski definition) is 3. The lowest BCUT2D eigenvalue weighted by Crippen LogP contribution is -2.67. The molecule has 36 heavy (non-hydrogen) atoms. The van der Waals surface area contributed by atoms with Crippen LogP contribution in [0.15, 0.2) is 12.2 Å². The van der Waals surface area contributed by atoms with Crippen molar-refractivity contribution in [2.24, 2.45) is 56.7 Å². The van der Waals surface area contributed by atoms with E-state index in [9.17, 15) is 15.0 Å². The Morgan fingerprint density at radius 2 is 1.61 bits per heavy atom. The average molecular weight is 500 g/mol. The van der Waals surface area contributed by atoms with Crippen molar-refractivity contribution in [2.75, 3.05) is 13.2 Å². The Balaban J connectivity index is 1.54. The summed E-state index contributed by atoms with van der Waals surface area (Å²) in [5, 5.41) is 23.5. The van der Waals surface area contributed by atoms with E-state index >= 15 is 0 Å². The molecule has 4 nitrogen and oxygen atoms in total. The maximum absolute atomic E-state index is 13.7. The summed E-state index contributed by atoms with van der Waals surface area (Å²) in [6, 6.07) is 0. The van der Waals surface area contributed by atoms with Gasteiger partial charge in [-0.3, -0.25) is 4.79 Å². The van der Waals surface area contributed by atoms with Gasteiger partial charge in [-0.2, -0.15) is 0 Å². The lowest BCUT2D eigenvalue weighted by atomic mass is 9.32. The van der Waals surface area contributed by atoms with Gasteiger partial charge in [-0.15, -0.1) is 0 Å². The molecule has 0 unspecified atom stereocenters. The minimum absolute atomic E-state index is 0.00207. The van der Waals surface area contributed by atoms with Crippen molar-refractivity contribution in [2.45, 2.75) is 112 Å². The number of fused-ring (bicyclic) bond motifs is 7. The minimum Gasteiger partial charge on any atom is -0.395 e. The fourth-order valence-corrected chi connectivity index (χ4v) is 11.9. The highest BCUT2D eigenvalue weighted by molar-refractivity contribution is 5.83. The number of allylic oxidation sites excluding steroid dienone is 1. The first-order valence-corrected chi connectivity index (χ1v) is 15.0. The van der Waals surface area contributed by atoms with Gasteiger partial charge in [0.05, 0.1) is 18.1 Å². The van der Waals surface area contributed by atoms with Crippen LogP contribution in [0.4, 0.5) is 0 Å². The molecule has 0 aromatic rings. The fraction of sp³-hybridized carbons (Fsp3) is 0.906. The van der Waals surface area contributed by atoms with Crippen LogP contribution in [0.1, 0.15) is 106 Å². The van der Waals surface area contributed by atoms with E-state index in [4.69, 9.17) is 0 Å². The summed E-state index contributed by atoms with van der Waals surface area (Å²) in [6.45, 7) is 19.5. The van der Waals surface area contributed by atoms with Gasteiger partial charge in [0.1, 0.15) is 0 Å². The van der Waals surface area contributed by atoms with Crippen LogP contribution in [-0.4, -0.2) is 35.4 Å².